The largest absolute Gasteiger partial charge is 0.380 e. The second kappa shape index (κ2) is 6.60. The van der Waals surface area contributed by atoms with Gasteiger partial charge in [-0.15, -0.1) is 11.8 Å². The third-order valence-corrected chi connectivity index (χ3v) is 3.61. The van der Waals surface area contributed by atoms with Crippen molar-refractivity contribution in [3.63, 3.8) is 0 Å². The van der Waals surface area contributed by atoms with Crippen molar-refractivity contribution in [1.82, 2.24) is 0 Å². The van der Waals surface area contributed by atoms with E-state index in [1.54, 1.807) is 11.8 Å². The van der Waals surface area contributed by atoms with Gasteiger partial charge in [0.25, 0.3) is 0 Å². The van der Waals surface area contributed by atoms with Crippen molar-refractivity contribution in [2.75, 3.05) is 6.26 Å². The number of aliphatic hydroxyl groups is 1. The zero-order valence-electron chi connectivity index (χ0n) is 11.0. The molecule has 0 aliphatic heterocycles. The maximum absolute atomic E-state index is 11.1. The number of benzene rings is 2. The quantitative estimate of drug-likeness (QED) is 0.879. The van der Waals surface area contributed by atoms with Gasteiger partial charge in [-0.2, -0.15) is 0 Å². The molecule has 0 atom stereocenters. The Morgan fingerprint density at radius 1 is 0.947 bits per heavy atom. The van der Waals surface area contributed by atoms with Gasteiger partial charge in [-0.3, -0.25) is 0 Å². The lowest BCUT2D eigenvalue weighted by Gasteiger charge is -2.28. The van der Waals surface area contributed by atoms with E-state index in [4.69, 9.17) is 0 Å². The topological polar surface area (TPSA) is 20.2 Å². The molecule has 1 nitrogen and oxygen atoms in total. The van der Waals surface area contributed by atoms with Gasteiger partial charge in [-0.05, 0) is 22.8 Å². The molecule has 0 bridgehead atoms. The summed E-state index contributed by atoms with van der Waals surface area (Å²) in [6.45, 7) is 0. The second-order valence-corrected chi connectivity index (χ2v) is 5.15. The standard InChI is InChI=1S/C17H18OS/c1-19-14-8-13-17(18,15-9-4-2-5-10-15)16-11-6-3-7-12-16/h2-12,14,18H,13H2,1H3/b14-8+. The number of thioether (sulfide) groups is 1. The van der Waals surface area contributed by atoms with Crippen molar-refractivity contribution in [3.05, 3.63) is 83.3 Å². The van der Waals surface area contributed by atoms with Gasteiger partial charge in [0.15, 0.2) is 0 Å². The summed E-state index contributed by atoms with van der Waals surface area (Å²) in [5.41, 5.74) is 0.883. The molecule has 98 valence electrons. The number of rotatable bonds is 5. The van der Waals surface area contributed by atoms with Crippen LogP contribution in [0.4, 0.5) is 0 Å². The van der Waals surface area contributed by atoms with Crippen LogP contribution in [-0.2, 0) is 5.60 Å². The minimum atomic E-state index is -0.964. The first-order valence-electron chi connectivity index (χ1n) is 6.28. The van der Waals surface area contributed by atoms with Crippen LogP contribution in [0.25, 0.3) is 0 Å². The first-order valence-corrected chi connectivity index (χ1v) is 7.57. The van der Waals surface area contributed by atoms with E-state index in [-0.39, 0.29) is 0 Å². The van der Waals surface area contributed by atoms with E-state index in [0.717, 1.165) is 11.1 Å². The van der Waals surface area contributed by atoms with Gasteiger partial charge in [0, 0.05) is 6.42 Å². The number of hydrogen-bond acceptors (Lipinski definition) is 2. The van der Waals surface area contributed by atoms with E-state index >= 15 is 0 Å². The van der Waals surface area contributed by atoms with Gasteiger partial charge in [-0.1, -0.05) is 66.7 Å². The Bertz CT molecular complexity index is 480. The van der Waals surface area contributed by atoms with Crippen molar-refractivity contribution in [1.29, 1.82) is 0 Å². The Balaban J connectivity index is 2.41. The molecule has 0 saturated carbocycles. The van der Waals surface area contributed by atoms with E-state index in [1.807, 2.05) is 78.4 Å². The molecule has 0 radical (unpaired) electrons. The lowest BCUT2D eigenvalue weighted by atomic mass is 9.84. The van der Waals surface area contributed by atoms with Crippen molar-refractivity contribution >= 4 is 11.8 Å². The summed E-state index contributed by atoms with van der Waals surface area (Å²) in [5.74, 6) is 0. The highest BCUT2D eigenvalue weighted by Crippen LogP contribution is 2.33. The van der Waals surface area contributed by atoms with Gasteiger partial charge >= 0.3 is 0 Å². The molecule has 1 N–H and O–H groups in total. The van der Waals surface area contributed by atoms with Crippen molar-refractivity contribution in [2.45, 2.75) is 12.0 Å². The van der Waals surface area contributed by atoms with Gasteiger partial charge in [-0.25, -0.2) is 0 Å². The van der Waals surface area contributed by atoms with E-state index in [1.165, 1.54) is 0 Å². The molecule has 0 unspecified atom stereocenters. The third kappa shape index (κ3) is 3.28. The monoisotopic (exact) mass is 270 g/mol. The van der Waals surface area contributed by atoms with E-state index in [0.29, 0.717) is 6.42 Å². The normalized spacial score (nSPS) is 11.9. The van der Waals surface area contributed by atoms with Crippen LogP contribution in [-0.4, -0.2) is 11.4 Å². The highest BCUT2D eigenvalue weighted by Gasteiger charge is 2.29. The molecule has 2 rings (SSSR count). The molecule has 0 amide bonds. The fraction of sp³-hybridized carbons (Fsp3) is 0.176. The summed E-state index contributed by atoms with van der Waals surface area (Å²) >= 11 is 1.64. The Hall–Kier alpha value is -1.51. The lowest BCUT2D eigenvalue weighted by molar-refractivity contribution is 0.0842. The van der Waals surface area contributed by atoms with Crippen LogP contribution < -0.4 is 0 Å². The minimum absolute atomic E-state index is 0.571. The van der Waals surface area contributed by atoms with E-state index in [9.17, 15) is 5.11 Å². The third-order valence-electron chi connectivity index (χ3n) is 3.15. The molecule has 0 heterocycles. The predicted octanol–water partition coefficient (Wildman–Crippen LogP) is 4.19. The van der Waals surface area contributed by atoms with Crippen molar-refractivity contribution in [3.8, 4) is 0 Å². The van der Waals surface area contributed by atoms with Gasteiger partial charge in [0.05, 0.1) is 0 Å². The van der Waals surface area contributed by atoms with Crippen LogP contribution in [0.5, 0.6) is 0 Å². The molecular weight excluding hydrogens is 252 g/mol. The zero-order chi connectivity index (χ0) is 13.6. The minimum Gasteiger partial charge on any atom is -0.380 e. The van der Waals surface area contributed by atoms with Gasteiger partial charge in [0.1, 0.15) is 5.60 Å². The van der Waals surface area contributed by atoms with Crippen LogP contribution >= 0.6 is 11.8 Å². The Morgan fingerprint density at radius 2 is 1.42 bits per heavy atom. The SMILES string of the molecule is CS/C=C/CC(O)(c1ccccc1)c1ccccc1. The fourth-order valence-electron chi connectivity index (χ4n) is 2.15. The first-order chi connectivity index (χ1) is 9.27. The van der Waals surface area contributed by atoms with Crippen LogP contribution in [0.1, 0.15) is 17.5 Å². The molecule has 2 aromatic rings. The Kier molecular flexibility index (Phi) is 4.83. The molecule has 2 heteroatoms. The maximum Gasteiger partial charge on any atom is 0.118 e. The van der Waals surface area contributed by atoms with E-state index in [2.05, 4.69) is 0 Å². The summed E-state index contributed by atoms with van der Waals surface area (Å²) in [5, 5.41) is 13.1. The van der Waals surface area contributed by atoms with Crippen LogP contribution in [0.3, 0.4) is 0 Å². The zero-order valence-corrected chi connectivity index (χ0v) is 11.8. The summed E-state index contributed by atoms with van der Waals surface area (Å²) in [7, 11) is 0. The second-order valence-electron chi connectivity index (χ2n) is 4.40. The molecule has 0 aliphatic rings. The van der Waals surface area contributed by atoms with Gasteiger partial charge in [0.2, 0.25) is 0 Å². The van der Waals surface area contributed by atoms with Crippen LogP contribution in [0, 0.1) is 0 Å². The molecule has 0 aromatic heterocycles. The summed E-state index contributed by atoms with van der Waals surface area (Å²) in [6.07, 6.45) is 4.60. The molecular formula is C17H18OS. The summed E-state index contributed by atoms with van der Waals surface area (Å²) < 4.78 is 0. The smallest absolute Gasteiger partial charge is 0.118 e. The molecule has 2 aromatic carbocycles. The Morgan fingerprint density at radius 3 is 1.84 bits per heavy atom. The molecule has 19 heavy (non-hydrogen) atoms. The van der Waals surface area contributed by atoms with E-state index < -0.39 is 5.60 Å². The molecule has 0 aliphatic carbocycles. The maximum atomic E-state index is 11.1. The average Bonchev–Trinajstić information content (AvgIpc) is 2.49. The average molecular weight is 270 g/mol. The lowest BCUT2D eigenvalue weighted by Crippen LogP contribution is -2.26. The van der Waals surface area contributed by atoms with Crippen LogP contribution in [0.2, 0.25) is 0 Å². The van der Waals surface area contributed by atoms with Crippen molar-refractivity contribution in [2.24, 2.45) is 0 Å². The van der Waals surface area contributed by atoms with Crippen molar-refractivity contribution < 1.29 is 5.11 Å². The molecule has 0 spiro atoms. The highest BCUT2D eigenvalue weighted by atomic mass is 32.2. The summed E-state index contributed by atoms with van der Waals surface area (Å²) in [6, 6.07) is 19.7. The fourth-order valence-corrected chi connectivity index (χ4v) is 2.43. The van der Waals surface area contributed by atoms with Crippen LogP contribution in [0.15, 0.2) is 72.1 Å². The molecule has 0 saturated heterocycles. The predicted molar refractivity (Wildman–Crippen MR) is 83.2 cm³/mol. The number of hydrogen-bond donors (Lipinski definition) is 1. The molecule has 0 fully saturated rings. The van der Waals surface area contributed by atoms with Gasteiger partial charge < -0.3 is 5.11 Å². The highest BCUT2D eigenvalue weighted by molar-refractivity contribution is 8.01. The first kappa shape index (κ1) is 13.9. The summed E-state index contributed by atoms with van der Waals surface area (Å²) in [4.78, 5) is 0. The Labute approximate surface area is 119 Å².